The highest BCUT2D eigenvalue weighted by Crippen LogP contribution is 2.29. The van der Waals surface area contributed by atoms with Crippen LogP contribution in [-0.4, -0.2) is 7.05 Å². The van der Waals surface area contributed by atoms with Gasteiger partial charge in [-0.15, -0.1) is 0 Å². The summed E-state index contributed by atoms with van der Waals surface area (Å²) in [5.74, 6) is 0. The first kappa shape index (κ1) is 10.0. The normalized spacial score (nSPS) is 13.0. The lowest BCUT2D eigenvalue weighted by Crippen LogP contribution is -2.13. The van der Waals surface area contributed by atoms with Crippen molar-refractivity contribution in [3.8, 4) is 0 Å². The zero-order valence-corrected chi connectivity index (χ0v) is 9.41. The standard InChI is InChI=1S/C9H11BrClN/c1-6(12-2)9-7(10)4-3-5-8(9)11/h3-6,12H,1-2H3/t6-/m1/s1. The average Bonchev–Trinajstić information content (AvgIpc) is 2.03. The van der Waals surface area contributed by atoms with Crippen LogP contribution >= 0.6 is 27.5 Å². The van der Waals surface area contributed by atoms with E-state index in [-0.39, 0.29) is 6.04 Å². The molecule has 0 unspecified atom stereocenters. The van der Waals surface area contributed by atoms with E-state index in [1.807, 2.05) is 25.2 Å². The predicted octanol–water partition coefficient (Wildman–Crippen LogP) is 3.38. The molecule has 12 heavy (non-hydrogen) atoms. The van der Waals surface area contributed by atoms with E-state index in [1.165, 1.54) is 0 Å². The second kappa shape index (κ2) is 4.26. The van der Waals surface area contributed by atoms with E-state index in [0.29, 0.717) is 0 Å². The molecule has 0 saturated heterocycles. The van der Waals surface area contributed by atoms with Crippen LogP contribution in [0.3, 0.4) is 0 Å². The van der Waals surface area contributed by atoms with Crippen LogP contribution in [0.2, 0.25) is 5.02 Å². The minimum atomic E-state index is 0.271. The molecule has 0 aromatic heterocycles. The highest BCUT2D eigenvalue weighted by molar-refractivity contribution is 9.10. The van der Waals surface area contributed by atoms with Gasteiger partial charge >= 0.3 is 0 Å². The molecule has 0 bridgehead atoms. The quantitative estimate of drug-likeness (QED) is 0.846. The molecule has 0 radical (unpaired) electrons. The number of hydrogen-bond acceptors (Lipinski definition) is 1. The van der Waals surface area contributed by atoms with Gasteiger partial charge in [-0.1, -0.05) is 33.6 Å². The van der Waals surface area contributed by atoms with Crippen molar-refractivity contribution in [2.75, 3.05) is 7.05 Å². The third kappa shape index (κ3) is 2.00. The fraction of sp³-hybridized carbons (Fsp3) is 0.333. The van der Waals surface area contributed by atoms with Crippen LogP contribution < -0.4 is 5.32 Å². The van der Waals surface area contributed by atoms with E-state index < -0.39 is 0 Å². The SMILES string of the molecule is CN[C@H](C)c1c(Cl)cccc1Br. The first-order chi connectivity index (χ1) is 5.66. The van der Waals surface area contributed by atoms with Crippen molar-refractivity contribution in [2.24, 2.45) is 0 Å². The van der Waals surface area contributed by atoms with E-state index in [2.05, 4.69) is 28.2 Å². The Hall–Kier alpha value is -0.0500. The minimum Gasteiger partial charge on any atom is -0.313 e. The first-order valence-electron chi connectivity index (χ1n) is 3.78. The number of benzene rings is 1. The van der Waals surface area contributed by atoms with Crippen molar-refractivity contribution in [1.29, 1.82) is 0 Å². The summed E-state index contributed by atoms with van der Waals surface area (Å²) in [6.07, 6.45) is 0. The van der Waals surface area contributed by atoms with Crippen LogP contribution in [0.1, 0.15) is 18.5 Å². The summed E-state index contributed by atoms with van der Waals surface area (Å²) in [5, 5.41) is 3.95. The molecule has 0 aliphatic rings. The molecule has 1 aromatic rings. The molecule has 0 amide bonds. The van der Waals surface area contributed by atoms with Crippen molar-refractivity contribution in [1.82, 2.24) is 5.32 Å². The Kier molecular flexibility index (Phi) is 3.56. The maximum atomic E-state index is 6.03. The third-order valence-electron chi connectivity index (χ3n) is 1.87. The van der Waals surface area contributed by atoms with Gasteiger partial charge in [-0.25, -0.2) is 0 Å². The lowest BCUT2D eigenvalue weighted by atomic mass is 10.1. The summed E-state index contributed by atoms with van der Waals surface area (Å²) in [5.41, 5.74) is 1.11. The molecule has 1 rings (SSSR count). The summed E-state index contributed by atoms with van der Waals surface area (Å²) in [7, 11) is 1.92. The van der Waals surface area contributed by atoms with Crippen LogP contribution in [-0.2, 0) is 0 Å². The molecule has 1 atom stereocenters. The Labute approximate surface area is 86.2 Å². The molecular weight excluding hydrogens is 237 g/mol. The molecule has 0 spiro atoms. The molecular formula is C9H11BrClN. The smallest absolute Gasteiger partial charge is 0.0465 e. The van der Waals surface area contributed by atoms with Gasteiger partial charge in [0.25, 0.3) is 0 Å². The second-order valence-corrected chi connectivity index (χ2v) is 3.91. The van der Waals surface area contributed by atoms with Gasteiger partial charge < -0.3 is 5.32 Å². The van der Waals surface area contributed by atoms with Gasteiger partial charge in [0.05, 0.1) is 0 Å². The Bertz CT molecular complexity index is 255. The maximum Gasteiger partial charge on any atom is 0.0465 e. The lowest BCUT2D eigenvalue weighted by Gasteiger charge is -2.14. The van der Waals surface area contributed by atoms with E-state index in [1.54, 1.807) is 0 Å². The number of rotatable bonds is 2. The Morgan fingerprint density at radius 3 is 2.67 bits per heavy atom. The summed E-state index contributed by atoms with van der Waals surface area (Å²) in [6.45, 7) is 2.08. The van der Waals surface area contributed by atoms with Gasteiger partial charge in [-0.05, 0) is 26.1 Å². The number of hydrogen-bond donors (Lipinski definition) is 1. The van der Waals surface area contributed by atoms with E-state index in [9.17, 15) is 0 Å². The fourth-order valence-electron chi connectivity index (χ4n) is 1.07. The van der Waals surface area contributed by atoms with Crippen LogP contribution in [0, 0.1) is 0 Å². The predicted molar refractivity (Wildman–Crippen MR) is 56.6 cm³/mol. The summed E-state index contributed by atoms with van der Waals surface area (Å²) < 4.78 is 1.05. The Balaban J connectivity index is 3.12. The molecule has 0 aliphatic carbocycles. The highest BCUT2D eigenvalue weighted by atomic mass is 79.9. The molecule has 66 valence electrons. The third-order valence-corrected chi connectivity index (χ3v) is 2.89. The van der Waals surface area contributed by atoms with Crippen LogP contribution in [0.4, 0.5) is 0 Å². The maximum absolute atomic E-state index is 6.03. The van der Waals surface area contributed by atoms with Crippen molar-refractivity contribution in [2.45, 2.75) is 13.0 Å². The van der Waals surface area contributed by atoms with Gasteiger partial charge in [-0.3, -0.25) is 0 Å². The molecule has 3 heteroatoms. The molecule has 0 aliphatic heterocycles. The number of nitrogens with one attached hydrogen (secondary N) is 1. The van der Waals surface area contributed by atoms with Gasteiger partial charge in [0, 0.05) is 21.1 Å². The monoisotopic (exact) mass is 247 g/mol. The van der Waals surface area contributed by atoms with Crippen molar-refractivity contribution in [3.05, 3.63) is 33.3 Å². The molecule has 0 heterocycles. The fourth-order valence-corrected chi connectivity index (χ4v) is 2.23. The zero-order valence-electron chi connectivity index (χ0n) is 7.07. The highest BCUT2D eigenvalue weighted by Gasteiger charge is 2.10. The zero-order chi connectivity index (χ0) is 9.14. The second-order valence-electron chi connectivity index (χ2n) is 2.65. The van der Waals surface area contributed by atoms with E-state index >= 15 is 0 Å². The summed E-state index contributed by atoms with van der Waals surface area (Å²) in [4.78, 5) is 0. The van der Waals surface area contributed by atoms with Crippen molar-refractivity contribution in [3.63, 3.8) is 0 Å². The van der Waals surface area contributed by atoms with Gasteiger partial charge in [0.1, 0.15) is 0 Å². The molecule has 1 aromatic carbocycles. The first-order valence-corrected chi connectivity index (χ1v) is 4.95. The van der Waals surface area contributed by atoms with Gasteiger partial charge in [0.15, 0.2) is 0 Å². The van der Waals surface area contributed by atoms with E-state index in [4.69, 9.17) is 11.6 Å². The molecule has 1 nitrogen and oxygen atoms in total. The number of halogens is 2. The van der Waals surface area contributed by atoms with Gasteiger partial charge in [0.2, 0.25) is 0 Å². The molecule has 0 saturated carbocycles. The van der Waals surface area contributed by atoms with Crippen molar-refractivity contribution >= 4 is 27.5 Å². The molecule has 1 N–H and O–H groups in total. The Morgan fingerprint density at radius 2 is 2.17 bits per heavy atom. The van der Waals surface area contributed by atoms with Crippen LogP contribution in [0.5, 0.6) is 0 Å². The minimum absolute atomic E-state index is 0.271. The topological polar surface area (TPSA) is 12.0 Å². The lowest BCUT2D eigenvalue weighted by molar-refractivity contribution is 0.650. The van der Waals surface area contributed by atoms with E-state index in [0.717, 1.165) is 15.1 Å². The summed E-state index contributed by atoms with van der Waals surface area (Å²) in [6, 6.07) is 6.09. The Morgan fingerprint density at radius 1 is 1.50 bits per heavy atom. The molecule has 0 fully saturated rings. The largest absolute Gasteiger partial charge is 0.313 e. The van der Waals surface area contributed by atoms with Crippen LogP contribution in [0.25, 0.3) is 0 Å². The van der Waals surface area contributed by atoms with Gasteiger partial charge in [-0.2, -0.15) is 0 Å². The van der Waals surface area contributed by atoms with Crippen molar-refractivity contribution < 1.29 is 0 Å². The summed E-state index contributed by atoms with van der Waals surface area (Å²) >= 11 is 9.50. The van der Waals surface area contributed by atoms with Crippen LogP contribution in [0.15, 0.2) is 22.7 Å². The average molecular weight is 249 g/mol.